The van der Waals surface area contributed by atoms with Gasteiger partial charge in [-0.2, -0.15) is 0 Å². The minimum atomic E-state index is -0.512. The predicted octanol–water partition coefficient (Wildman–Crippen LogP) is 4.09. The fraction of sp³-hybridized carbons (Fsp3) is 0.263. The Hall–Kier alpha value is -2.60. The van der Waals surface area contributed by atoms with Crippen LogP contribution in [0.4, 0.5) is 10.5 Å². The molecule has 0 aliphatic carbocycles. The molecule has 6 heteroatoms. The van der Waals surface area contributed by atoms with Crippen molar-refractivity contribution in [2.75, 3.05) is 12.4 Å². The molecular weight excluding hydrogens is 334 g/mol. The quantitative estimate of drug-likeness (QED) is 0.704. The van der Waals surface area contributed by atoms with Crippen LogP contribution in [0.2, 0.25) is 0 Å². The van der Waals surface area contributed by atoms with Gasteiger partial charge in [0.2, 0.25) is 0 Å². The SMILES string of the molecule is CNC(=O)Oc1cccc(NC(=S)NC(c2ccccc2)C(C)C)c1. The van der Waals surface area contributed by atoms with Crippen LogP contribution < -0.4 is 20.7 Å². The molecule has 25 heavy (non-hydrogen) atoms. The monoisotopic (exact) mass is 357 g/mol. The van der Waals surface area contributed by atoms with Crippen molar-refractivity contribution in [2.45, 2.75) is 19.9 Å². The van der Waals surface area contributed by atoms with E-state index >= 15 is 0 Å². The van der Waals surface area contributed by atoms with Crippen LogP contribution in [0.1, 0.15) is 25.5 Å². The molecule has 0 aliphatic rings. The molecule has 0 radical (unpaired) electrons. The number of thiocarbonyl (C=S) groups is 1. The lowest BCUT2D eigenvalue weighted by molar-refractivity contribution is 0.203. The molecule has 0 aliphatic heterocycles. The molecule has 2 aromatic rings. The lowest BCUT2D eigenvalue weighted by Crippen LogP contribution is -2.34. The van der Waals surface area contributed by atoms with E-state index in [0.717, 1.165) is 5.69 Å². The Morgan fingerprint density at radius 2 is 1.80 bits per heavy atom. The molecule has 0 spiro atoms. The summed E-state index contributed by atoms with van der Waals surface area (Å²) in [6.45, 7) is 4.29. The second-order valence-corrected chi connectivity index (χ2v) is 6.31. The highest BCUT2D eigenvalue weighted by Crippen LogP contribution is 2.22. The van der Waals surface area contributed by atoms with Gasteiger partial charge in [0.1, 0.15) is 5.75 Å². The molecule has 0 saturated carbocycles. The van der Waals surface area contributed by atoms with Crippen molar-refractivity contribution in [1.82, 2.24) is 10.6 Å². The summed E-state index contributed by atoms with van der Waals surface area (Å²) in [6, 6.07) is 17.4. The van der Waals surface area contributed by atoms with Crippen molar-refractivity contribution in [3.05, 3.63) is 60.2 Å². The van der Waals surface area contributed by atoms with Gasteiger partial charge in [-0.1, -0.05) is 50.2 Å². The van der Waals surface area contributed by atoms with E-state index in [0.29, 0.717) is 16.8 Å². The van der Waals surface area contributed by atoms with E-state index in [2.05, 4.69) is 41.9 Å². The number of carbonyl (C=O) groups excluding carboxylic acids is 1. The summed E-state index contributed by atoms with van der Waals surface area (Å²) in [5.41, 5.74) is 1.92. The fourth-order valence-electron chi connectivity index (χ4n) is 2.40. The smallest absolute Gasteiger partial charge is 0.410 e. The van der Waals surface area contributed by atoms with Crippen molar-refractivity contribution in [3.63, 3.8) is 0 Å². The summed E-state index contributed by atoms with van der Waals surface area (Å²) in [7, 11) is 1.51. The van der Waals surface area contributed by atoms with Crippen molar-refractivity contribution in [1.29, 1.82) is 0 Å². The van der Waals surface area contributed by atoms with Gasteiger partial charge in [0.15, 0.2) is 5.11 Å². The lowest BCUT2D eigenvalue weighted by atomic mass is 9.96. The normalized spacial score (nSPS) is 11.5. The molecule has 0 saturated heterocycles. The molecule has 0 bridgehead atoms. The standard InChI is InChI=1S/C19H23N3O2S/c1-13(2)17(14-8-5-4-6-9-14)22-18(25)21-15-10-7-11-16(12-15)24-19(23)20-3/h4-13,17H,1-3H3,(H,20,23)(H2,21,22,25). The number of anilines is 1. The summed E-state index contributed by atoms with van der Waals surface area (Å²) in [4.78, 5) is 11.3. The number of hydrogen-bond donors (Lipinski definition) is 3. The minimum Gasteiger partial charge on any atom is -0.410 e. The average Bonchev–Trinajstić information content (AvgIpc) is 2.60. The summed E-state index contributed by atoms with van der Waals surface area (Å²) in [5, 5.41) is 9.41. The Kier molecular flexibility index (Phi) is 6.77. The van der Waals surface area contributed by atoms with E-state index < -0.39 is 6.09 Å². The molecule has 0 aromatic heterocycles. The summed E-state index contributed by atoms with van der Waals surface area (Å²) >= 11 is 5.44. The van der Waals surface area contributed by atoms with Gasteiger partial charge in [0.25, 0.3) is 0 Å². The van der Waals surface area contributed by atoms with Crippen molar-refractivity contribution < 1.29 is 9.53 Å². The van der Waals surface area contributed by atoms with E-state index in [-0.39, 0.29) is 6.04 Å². The number of amides is 1. The lowest BCUT2D eigenvalue weighted by Gasteiger charge is -2.24. The first-order valence-electron chi connectivity index (χ1n) is 8.11. The highest BCUT2D eigenvalue weighted by Gasteiger charge is 2.16. The highest BCUT2D eigenvalue weighted by atomic mass is 32.1. The zero-order valence-corrected chi connectivity index (χ0v) is 15.4. The maximum absolute atomic E-state index is 11.3. The van der Waals surface area contributed by atoms with Crippen LogP contribution in [0.5, 0.6) is 5.75 Å². The van der Waals surface area contributed by atoms with Gasteiger partial charge < -0.3 is 20.7 Å². The van der Waals surface area contributed by atoms with E-state index in [1.165, 1.54) is 12.6 Å². The number of carbonyl (C=O) groups is 1. The second kappa shape index (κ2) is 9.03. The molecule has 0 fully saturated rings. The second-order valence-electron chi connectivity index (χ2n) is 5.90. The Morgan fingerprint density at radius 1 is 1.08 bits per heavy atom. The van der Waals surface area contributed by atoms with E-state index in [9.17, 15) is 4.79 Å². The molecule has 5 nitrogen and oxygen atoms in total. The third-order valence-electron chi connectivity index (χ3n) is 3.62. The molecule has 3 N–H and O–H groups in total. The van der Waals surface area contributed by atoms with Gasteiger partial charge in [0, 0.05) is 18.8 Å². The fourth-order valence-corrected chi connectivity index (χ4v) is 2.64. The maximum atomic E-state index is 11.3. The van der Waals surface area contributed by atoms with Crippen LogP contribution in [0, 0.1) is 5.92 Å². The number of benzene rings is 2. The number of nitrogens with one attached hydrogen (secondary N) is 3. The molecule has 2 rings (SSSR count). The molecular formula is C19H23N3O2S. The first-order valence-corrected chi connectivity index (χ1v) is 8.52. The van der Waals surface area contributed by atoms with E-state index in [1.807, 2.05) is 24.3 Å². The van der Waals surface area contributed by atoms with Gasteiger partial charge in [-0.05, 0) is 35.8 Å². The first kappa shape index (κ1) is 18.7. The van der Waals surface area contributed by atoms with Crippen LogP contribution in [-0.4, -0.2) is 18.3 Å². The third kappa shape index (κ3) is 5.76. The van der Waals surface area contributed by atoms with Crippen LogP contribution in [0.15, 0.2) is 54.6 Å². The van der Waals surface area contributed by atoms with Crippen molar-refractivity contribution >= 4 is 29.1 Å². The van der Waals surface area contributed by atoms with Gasteiger partial charge in [-0.25, -0.2) is 4.79 Å². The topological polar surface area (TPSA) is 62.4 Å². The Bertz CT molecular complexity index is 720. The molecule has 132 valence electrons. The molecule has 0 heterocycles. The summed E-state index contributed by atoms with van der Waals surface area (Å²) in [5.74, 6) is 0.806. The van der Waals surface area contributed by atoms with Gasteiger partial charge >= 0.3 is 6.09 Å². The van der Waals surface area contributed by atoms with Crippen LogP contribution in [0.25, 0.3) is 0 Å². The van der Waals surface area contributed by atoms with Crippen LogP contribution in [-0.2, 0) is 0 Å². The molecule has 1 amide bonds. The number of ether oxygens (including phenoxy) is 1. The maximum Gasteiger partial charge on any atom is 0.412 e. The summed E-state index contributed by atoms with van der Waals surface area (Å²) in [6.07, 6.45) is -0.512. The van der Waals surface area contributed by atoms with Crippen molar-refractivity contribution in [3.8, 4) is 5.75 Å². The van der Waals surface area contributed by atoms with Gasteiger partial charge in [0.05, 0.1) is 6.04 Å². The van der Waals surface area contributed by atoms with Crippen LogP contribution >= 0.6 is 12.2 Å². The number of rotatable bonds is 5. The molecule has 2 aromatic carbocycles. The largest absolute Gasteiger partial charge is 0.412 e. The Morgan fingerprint density at radius 3 is 2.44 bits per heavy atom. The third-order valence-corrected chi connectivity index (χ3v) is 3.84. The first-order chi connectivity index (χ1) is 12.0. The summed E-state index contributed by atoms with van der Waals surface area (Å²) < 4.78 is 5.12. The minimum absolute atomic E-state index is 0.103. The highest BCUT2D eigenvalue weighted by molar-refractivity contribution is 7.80. The Labute approximate surface area is 153 Å². The molecule has 1 atom stereocenters. The van der Waals surface area contributed by atoms with E-state index in [4.69, 9.17) is 17.0 Å². The average molecular weight is 357 g/mol. The predicted molar refractivity (Wildman–Crippen MR) is 105 cm³/mol. The molecule has 1 unspecified atom stereocenters. The van der Waals surface area contributed by atoms with E-state index in [1.54, 1.807) is 18.2 Å². The van der Waals surface area contributed by atoms with Crippen LogP contribution in [0.3, 0.4) is 0 Å². The van der Waals surface area contributed by atoms with Gasteiger partial charge in [-0.3, -0.25) is 0 Å². The van der Waals surface area contributed by atoms with Crippen molar-refractivity contribution in [2.24, 2.45) is 5.92 Å². The van der Waals surface area contributed by atoms with Gasteiger partial charge in [-0.15, -0.1) is 0 Å². The zero-order chi connectivity index (χ0) is 18.2. The number of hydrogen-bond acceptors (Lipinski definition) is 3. The zero-order valence-electron chi connectivity index (χ0n) is 14.6. The Balaban J connectivity index is 2.03.